The maximum atomic E-state index is 11.8. The van der Waals surface area contributed by atoms with E-state index in [1.807, 2.05) is 0 Å². The number of carboxylic acids is 1. The molecule has 0 unspecified atom stereocenters. The van der Waals surface area contributed by atoms with Crippen molar-refractivity contribution in [3.63, 3.8) is 0 Å². The van der Waals surface area contributed by atoms with Crippen LogP contribution in [-0.4, -0.2) is 55.5 Å². The van der Waals surface area contributed by atoms with Crippen LogP contribution in [0.2, 0.25) is 0 Å². The highest BCUT2D eigenvalue weighted by Crippen LogP contribution is 2.28. The van der Waals surface area contributed by atoms with Crippen LogP contribution in [0.4, 0.5) is 0 Å². The van der Waals surface area contributed by atoms with E-state index in [1.54, 1.807) is 18.2 Å². The minimum absolute atomic E-state index is 0.0519. The topological polar surface area (TPSA) is 141 Å². The van der Waals surface area contributed by atoms with Gasteiger partial charge < -0.3 is 25.4 Å². The largest absolute Gasteiger partial charge is 0.490 e. The van der Waals surface area contributed by atoms with Gasteiger partial charge in [0.1, 0.15) is 12.4 Å². The van der Waals surface area contributed by atoms with Crippen molar-refractivity contribution in [2.75, 3.05) is 6.61 Å². The molecule has 1 aliphatic carbocycles. The summed E-state index contributed by atoms with van der Waals surface area (Å²) in [5, 5.41) is 20.4. The molecule has 9 heteroatoms. The molecule has 30 heavy (non-hydrogen) atoms. The van der Waals surface area contributed by atoms with Crippen LogP contribution in [0.5, 0.6) is 11.8 Å². The maximum Gasteiger partial charge on any atom is 0.337 e. The molecule has 1 fully saturated rings. The van der Waals surface area contributed by atoms with Crippen LogP contribution in [0.3, 0.4) is 0 Å². The molecule has 0 aromatic carbocycles. The Morgan fingerprint density at radius 3 is 2.60 bits per heavy atom. The first kappa shape index (κ1) is 21.9. The number of ether oxygens (including phenoxy) is 2. The normalized spacial score (nSPS) is 22.0. The summed E-state index contributed by atoms with van der Waals surface area (Å²) < 4.78 is 11.4. The van der Waals surface area contributed by atoms with Gasteiger partial charge in [-0.1, -0.05) is 6.92 Å². The second kappa shape index (κ2) is 9.82. The molecule has 2 heterocycles. The quantitative estimate of drug-likeness (QED) is 0.555. The molecule has 0 radical (unpaired) electrons. The second-order valence-corrected chi connectivity index (χ2v) is 7.84. The van der Waals surface area contributed by atoms with Crippen LogP contribution in [0.25, 0.3) is 0 Å². The first-order valence-corrected chi connectivity index (χ1v) is 10.1. The fraction of sp³-hybridized carbons (Fsp3) is 0.524. The molecule has 1 saturated carbocycles. The number of nitrogens with zero attached hydrogens (tertiary/aromatic N) is 3. The van der Waals surface area contributed by atoms with Crippen LogP contribution in [0.1, 0.15) is 38.3 Å². The number of hydrogen-bond acceptors (Lipinski definition) is 8. The average molecular weight is 416 g/mol. The van der Waals surface area contributed by atoms with Crippen molar-refractivity contribution in [2.45, 2.75) is 56.8 Å². The van der Waals surface area contributed by atoms with Gasteiger partial charge in [-0.15, -0.1) is 0 Å². The van der Waals surface area contributed by atoms with Gasteiger partial charge in [0, 0.05) is 36.8 Å². The van der Waals surface area contributed by atoms with Crippen molar-refractivity contribution >= 4 is 5.97 Å². The van der Waals surface area contributed by atoms with Gasteiger partial charge in [-0.2, -0.15) is 0 Å². The van der Waals surface area contributed by atoms with Gasteiger partial charge in [0.05, 0.1) is 12.1 Å². The summed E-state index contributed by atoms with van der Waals surface area (Å²) in [5.41, 5.74) is 4.07. The summed E-state index contributed by atoms with van der Waals surface area (Å²) in [5.74, 6) is -0.134. The summed E-state index contributed by atoms with van der Waals surface area (Å²) in [6.45, 7) is 1.97. The number of carbonyl (C=O) groups is 1. The number of aromatic nitrogens is 3. The van der Waals surface area contributed by atoms with Gasteiger partial charge in [-0.3, -0.25) is 4.98 Å². The lowest BCUT2D eigenvalue weighted by molar-refractivity contribution is -0.161. The fourth-order valence-corrected chi connectivity index (χ4v) is 3.47. The van der Waals surface area contributed by atoms with Gasteiger partial charge in [0.2, 0.25) is 0 Å². The molecule has 0 bridgehead atoms. The van der Waals surface area contributed by atoms with Crippen LogP contribution in [-0.2, 0) is 11.2 Å². The van der Waals surface area contributed by atoms with Crippen molar-refractivity contribution in [1.29, 1.82) is 0 Å². The Balaban J connectivity index is 1.65. The van der Waals surface area contributed by atoms with E-state index in [4.69, 9.17) is 15.2 Å². The zero-order valence-corrected chi connectivity index (χ0v) is 17.0. The Labute approximate surface area is 175 Å². The molecule has 2 aromatic heterocycles. The molecule has 4 N–H and O–H groups in total. The molecule has 162 valence electrons. The van der Waals surface area contributed by atoms with E-state index >= 15 is 0 Å². The average Bonchev–Trinajstić information content (AvgIpc) is 2.74. The maximum absolute atomic E-state index is 11.8. The van der Waals surface area contributed by atoms with E-state index in [0.717, 1.165) is 25.7 Å². The standard InChI is InChI=1S/C21H28N4O5/c1-14-3-5-16(6-4-14)30-17-7-10-23-15(11-17)12-21(28,19(26)27)18(22)13-29-20-24-8-2-9-25-20/h2,7-11,14,16,18,28H,3-6,12-13,22H2,1H3,(H,26,27)/t14-,16-,18-,21+/m0/s1. The van der Waals surface area contributed by atoms with E-state index in [2.05, 4.69) is 21.9 Å². The van der Waals surface area contributed by atoms with Crippen molar-refractivity contribution in [3.05, 3.63) is 42.5 Å². The molecule has 0 amide bonds. The Hall–Kier alpha value is -2.78. The number of aliphatic hydroxyl groups is 1. The molecule has 3 rings (SSSR count). The molecule has 2 atom stereocenters. The summed E-state index contributed by atoms with van der Waals surface area (Å²) >= 11 is 0. The van der Waals surface area contributed by atoms with Crippen molar-refractivity contribution < 1.29 is 24.5 Å². The summed E-state index contributed by atoms with van der Waals surface area (Å²) in [4.78, 5) is 23.8. The van der Waals surface area contributed by atoms with E-state index < -0.39 is 17.6 Å². The predicted octanol–water partition coefficient (Wildman–Crippen LogP) is 1.59. The zero-order chi connectivity index (χ0) is 21.6. The Bertz CT molecular complexity index is 829. The third-order valence-electron chi connectivity index (χ3n) is 5.42. The van der Waals surface area contributed by atoms with Gasteiger partial charge in [-0.25, -0.2) is 14.8 Å². The number of carboxylic acid groups (broad SMARTS) is 1. The highest BCUT2D eigenvalue weighted by atomic mass is 16.5. The van der Waals surface area contributed by atoms with E-state index in [-0.39, 0.29) is 25.1 Å². The molecular formula is C21H28N4O5. The Morgan fingerprint density at radius 2 is 1.93 bits per heavy atom. The molecule has 0 spiro atoms. The molecule has 1 aliphatic rings. The lowest BCUT2D eigenvalue weighted by Gasteiger charge is -2.29. The number of aliphatic carboxylic acids is 1. The van der Waals surface area contributed by atoms with Gasteiger partial charge >= 0.3 is 12.0 Å². The van der Waals surface area contributed by atoms with Crippen molar-refractivity contribution in [2.24, 2.45) is 11.7 Å². The highest BCUT2D eigenvalue weighted by Gasteiger charge is 2.43. The van der Waals surface area contributed by atoms with Gasteiger partial charge in [0.25, 0.3) is 0 Å². The molecule has 0 saturated heterocycles. The summed E-state index contributed by atoms with van der Waals surface area (Å²) in [6.07, 6.45) is 8.58. The third kappa shape index (κ3) is 5.64. The first-order valence-electron chi connectivity index (χ1n) is 10.1. The fourth-order valence-electron chi connectivity index (χ4n) is 3.47. The van der Waals surface area contributed by atoms with Crippen molar-refractivity contribution in [3.8, 4) is 11.8 Å². The van der Waals surface area contributed by atoms with Gasteiger partial charge in [-0.05, 0) is 43.7 Å². The van der Waals surface area contributed by atoms with Crippen LogP contribution < -0.4 is 15.2 Å². The van der Waals surface area contributed by atoms with E-state index in [0.29, 0.717) is 17.4 Å². The molecule has 2 aromatic rings. The molecule has 9 nitrogen and oxygen atoms in total. The number of rotatable bonds is 9. The van der Waals surface area contributed by atoms with Crippen LogP contribution >= 0.6 is 0 Å². The van der Waals surface area contributed by atoms with Crippen LogP contribution in [0.15, 0.2) is 36.8 Å². The number of hydrogen-bond donors (Lipinski definition) is 3. The number of nitrogens with two attached hydrogens (primary N) is 1. The van der Waals surface area contributed by atoms with E-state index in [9.17, 15) is 15.0 Å². The highest BCUT2D eigenvalue weighted by molar-refractivity contribution is 5.78. The molecular weight excluding hydrogens is 388 g/mol. The monoisotopic (exact) mass is 416 g/mol. The predicted molar refractivity (Wildman–Crippen MR) is 108 cm³/mol. The number of pyridine rings is 1. The zero-order valence-electron chi connectivity index (χ0n) is 17.0. The molecule has 0 aliphatic heterocycles. The Kier molecular flexibility index (Phi) is 7.17. The van der Waals surface area contributed by atoms with Crippen LogP contribution in [0, 0.1) is 5.92 Å². The summed E-state index contributed by atoms with van der Waals surface area (Å²) in [6, 6.07) is 3.83. The SMILES string of the molecule is C[C@H]1CC[C@H](Oc2ccnc(C[C@](O)(C(=O)O)[C@@H](N)COc3ncccn3)c2)CC1. The first-order chi connectivity index (χ1) is 14.4. The van der Waals surface area contributed by atoms with Crippen molar-refractivity contribution in [1.82, 2.24) is 15.0 Å². The van der Waals surface area contributed by atoms with Gasteiger partial charge in [0.15, 0.2) is 5.60 Å². The second-order valence-electron chi connectivity index (χ2n) is 7.84. The summed E-state index contributed by atoms with van der Waals surface area (Å²) in [7, 11) is 0. The smallest absolute Gasteiger partial charge is 0.337 e. The minimum atomic E-state index is -2.28. The lowest BCUT2D eigenvalue weighted by atomic mass is 9.89. The minimum Gasteiger partial charge on any atom is -0.490 e. The third-order valence-corrected chi connectivity index (χ3v) is 5.42. The van der Waals surface area contributed by atoms with E-state index in [1.165, 1.54) is 18.6 Å². The Morgan fingerprint density at radius 1 is 1.23 bits per heavy atom. The lowest BCUT2D eigenvalue weighted by Crippen LogP contribution is -2.58.